The molecule has 0 aliphatic carbocycles. The molecule has 0 fully saturated rings. The molecule has 0 bridgehead atoms. The Bertz CT molecular complexity index is 497. The van der Waals surface area contributed by atoms with Crippen LogP contribution in [0.1, 0.15) is 30.8 Å². The van der Waals surface area contributed by atoms with Crippen molar-refractivity contribution in [1.29, 1.82) is 0 Å². The average molecular weight is 256 g/mol. The van der Waals surface area contributed by atoms with Crippen LogP contribution in [0.4, 0.5) is 0 Å². The third-order valence-corrected chi connectivity index (χ3v) is 3.43. The molecule has 0 radical (unpaired) electrons. The number of hydrogen-bond donors (Lipinski definition) is 1. The van der Waals surface area contributed by atoms with Crippen molar-refractivity contribution in [1.82, 2.24) is 9.88 Å². The van der Waals surface area contributed by atoms with Crippen LogP contribution < -0.4 is 5.32 Å². The topological polar surface area (TPSA) is 17.0 Å². The van der Waals surface area contributed by atoms with E-state index in [0.29, 0.717) is 5.92 Å². The third-order valence-electron chi connectivity index (χ3n) is 3.43. The standard InChI is InChI=1S/C17H24N2/c1-14(2)11-16-9-10-17(19(16)3)13-18-12-15-7-5-4-6-8-15/h4-10,14,18H,11-13H2,1-3H3. The Hall–Kier alpha value is -1.54. The Kier molecular flexibility index (Phi) is 4.80. The van der Waals surface area contributed by atoms with Crippen molar-refractivity contribution in [2.45, 2.75) is 33.4 Å². The van der Waals surface area contributed by atoms with Crippen LogP contribution >= 0.6 is 0 Å². The van der Waals surface area contributed by atoms with Gasteiger partial charge in [0.15, 0.2) is 0 Å². The van der Waals surface area contributed by atoms with Crippen molar-refractivity contribution in [3.63, 3.8) is 0 Å². The number of hydrogen-bond acceptors (Lipinski definition) is 1. The minimum Gasteiger partial charge on any atom is -0.350 e. The molecule has 1 aromatic heterocycles. The molecule has 2 nitrogen and oxygen atoms in total. The van der Waals surface area contributed by atoms with Gasteiger partial charge in [-0.05, 0) is 30.0 Å². The predicted octanol–water partition coefficient (Wildman–Crippen LogP) is 3.51. The quantitative estimate of drug-likeness (QED) is 0.837. The molecule has 19 heavy (non-hydrogen) atoms. The third kappa shape index (κ3) is 3.97. The van der Waals surface area contributed by atoms with Gasteiger partial charge in [-0.2, -0.15) is 0 Å². The fourth-order valence-corrected chi connectivity index (χ4v) is 2.33. The van der Waals surface area contributed by atoms with Crippen molar-refractivity contribution < 1.29 is 0 Å². The lowest BCUT2D eigenvalue weighted by Gasteiger charge is -2.10. The van der Waals surface area contributed by atoms with E-state index in [4.69, 9.17) is 0 Å². The van der Waals surface area contributed by atoms with Gasteiger partial charge in [0.1, 0.15) is 0 Å². The van der Waals surface area contributed by atoms with Crippen molar-refractivity contribution >= 4 is 0 Å². The molecule has 0 aliphatic rings. The maximum Gasteiger partial charge on any atom is 0.0362 e. The van der Waals surface area contributed by atoms with E-state index in [-0.39, 0.29) is 0 Å². The number of benzene rings is 1. The summed E-state index contributed by atoms with van der Waals surface area (Å²) in [6.07, 6.45) is 1.15. The van der Waals surface area contributed by atoms with Crippen molar-refractivity contribution in [2.75, 3.05) is 0 Å². The van der Waals surface area contributed by atoms with Crippen LogP contribution in [0.2, 0.25) is 0 Å². The summed E-state index contributed by atoms with van der Waals surface area (Å²) < 4.78 is 2.32. The molecule has 0 unspecified atom stereocenters. The normalized spacial score (nSPS) is 11.2. The second-order valence-corrected chi connectivity index (χ2v) is 5.56. The van der Waals surface area contributed by atoms with Gasteiger partial charge in [0, 0.05) is 31.5 Å². The molecule has 0 saturated carbocycles. The largest absolute Gasteiger partial charge is 0.350 e. The summed E-state index contributed by atoms with van der Waals surface area (Å²) in [5, 5.41) is 3.50. The lowest BCUT2D eigenvalue weighted by Crippen LogP contribution is -2.15. The highest BCUT2D eigenvalue weighted by molar-refractivity contribution is 5.17. The Morgan fingerprint density at radius 1 is 0.947 bits per heavy atom. The Balaban J connectivity index is 1.88. The van der Waals surface area contributed by atoms with Gasteiger partial charge in [-0.3, -0.25) is 0 Å². The summed E-state index contributed by atoms with van der Waals surface area (Å²) in [6.45, 7) is 6.37. The predicted molar refractivity (Wildman–Crippen MR) is 80.9 cm³/mol. The minimum absolute atomic E-state index is 0.707. The maximum absolute atomic E-state index is 3.50. The highest BCUT2D eigenvalue weighted by Gasteiger charge is 2.06. The monoisotopic (exact) mass is 256 g/mol. The average Bonchev–Trinajstić information content (AvgIpc) is 2.72. The molecule has 0 spiro atoms. The zero-order valence-electron chi connectivity index (χ0n) is 12.2. The van der Waals surface area contributed by atoms with E-state index in [9.17, 15) is 0 Å². The molecule has 2 rings (SSSR count). The number of rotatable bonds is 6. The minimum atomic E-state index is 0.707. The molecule has 1 heterocycles. The molecule has 2 aromatic rings. The summed E-state index contributed by atoms with van der Waals surface area (Å²) in [4.78, 5) is 0. The van der Waals surface area contributed by atoms with E-state index in [1.165, 1.54) is 17.0 Å². The maximum atomic E-state index is 3.50. The molecule has 0 atom stereocenters. The fourth-order valence-electron chi connectivity index (χ4n) is 2.33. The first-order valence-electron chi connectivity index (χ1n) is 7.05. The van der Waals surface area contributed by atoms with Crippen LogP contribution in [0.15, 0.2) is 42.5 Å². The van der Waals surface area contributed by atoms with E-state index in [1.807, 2.05) is 0 Å². The highest BCUT2D eigenvalue weighted by Crippen LogP contribution is 2.12. The van der Waals surface area contributed by atoms with Gasteiger partial charge in [0.25, 0.3) is 0 Å². The van der Waals surface area contributed by atoms with Gasteiger partial charge in [-0.25, -0.2) is 0 Å². The Labute approximate surface area is 116 Å². The van der Waals surface area contributed by atoms with Crippen LogP contribution in [-0.2, 0) is 26.6 Å². The van der Waals surface area contributed by atoms with Gasteiger partial charge in [-0.15, -0.1) is 0 Å². The second-order valence-electron chi connectivity index (χ2n) is 5.56. The van der Waals surface area contributed by atoms with E-state index in [2.05, 4.69) is 73.2 Å². The van der Waals surface area contributed by atoms with Crippen LogP contribution in [0.5, 0.6) is 0 Å². The summed E-state index contributed by atoms with van der Waals surface area (Å²) in [5.41, 5.74) is 4.11. The van der Waals surface area contributed by atoms with Crippen LogP contribution in [0.25, 0.3) is 0 Å². The van der Waals surface area contributed by atoms with Gasteiger partial charge in [0.2, 0.25) is 0 Å². The SMILES string of the molecule is CC(C)Cc1ccc(CNCc2ccccc2)n1C. The lowest BCUT2D eigenvalue weighted by atomic mass is 10.1. The van der Waals surface area contributed by atoms with Crippen LogP contribution in [0, 0.1) is 5.92 Å². The van der Waals surface area contributed by atoms with E-state index in [1.54, 1.807) is 0 Å². The molecule has 2 heteroatoms. The Morgan fingerprint density at radius 2 is 1.63 bits per heavy atom. The van der Waals surface area contributed by atoms with Gasteiger partial charge in [-0.1, -0.05) is 44.2 Å². The van der Waals surface area contributed by atoms with Gasteiger partial charge in [0.05, 0.1) is 0 Å². The molecule has 0 amide bonds. The van der Waals surface area contributed by atoms with Gasteiger partial charge < -0.3 is 9.88 Å². The first-order valence-corrected chi connectivity index (χ1v) is 7.05. The molecule has 102 valence electrons. The first-order chi connectivity index (χ1) is 9.16. The molecule has 1 N–H and O–H groups in total. The fraction of sp³-hybridized carbons (Fsp3) is 0.412. The zero-order chi connectivity index (χ0) is 13.7. The summed E-state index contributed by atoms with van der Waals surface area (Å²) in [7, 11) is 2.16. The van der Waals surface area contributed by atoms with E-state index < -0.39 is 0 Å². The van der Waals surface area contributed by atoms with Gasteiger partial charge >= 0.3 is 0 Å². The van der Waals surface area contributed by atoms with Crippen LogP contribution in [-0.4, -0.2) is 4.57 Å². The molecule has 0 aliphatic heterocycles. The smallest absolute Gasteiger partial charge is 0.0362 e. The number of nitrogens with one attached hydrogen (secondary N) is 1. The molecular weight excluding hydrogens is 232 g/mol. The molecule has 0 saturated heterocycles. The zero-order valence-corrected chi connectivity index (χ0v) is 12.2. The highest BCUT2D eigenvalue weighted by atomic mass is 15.0. The summed E-state index contributed by atoms with van der Waals surface area (Å²) in [6, 6.07) is 15.0. The lowest BCUT2D eigenvalue weighted by molar-refractivity contribution is 0.597. The number of nitrogens with zero attached hydrogens (tertiary/aromatic N) is 1. The first kappa shape index (κ1) is 13.9. The summed E-state index contributed by atoms with van der Waals surface area (Å²) >= 11 is 0. The van der Waals surface area contributed by atoms with E-state index in [0.717, 1.165) is 19.5 Å². The van der Waals surface area contributed by atoms with Crippen molar-refractivity contribution in [3.8, 4) is 0 Å². The molecular formula is C17H24N2. The number of aromatic nitrogens is 1. The Morgan fingerprint density at radius 3 is 2.32 bits per heavy atom. The molecule has 1 aromatic carbocycles. The van der Waals surface area contributed by atoms with Crippen molar-refractivity contribution in [2.24, 2.45) is 13.0 Å². The second kappa shape index (κ2) is 6.58. The summed E-state index contributed by atoms with van der Waals surface area (Å²) in [5.74, 6) is 0.707. The van der Waals surface area contributed by atoms with Crippen molar-refractivity contribution in [3.05, 3.63) is 59.4 Å². The van der Waals surface area contributed by atoms with E-state index >= 15 is 0 Å². The van der Waals surface area contributed by atoms with Crippen LogP contribution in [0.3, 0.4) is 0 Å².